The zero-order valence-corrected chi connectivity index (χ0v) is 17.4. The number of nitriles is 1. The molecule has 0 radical (unpaired) electrons. The topological polar surface area (TPSA) is 124 Å². The number of carbonyl (C=O) groups excluding carboxylic acids is 1. The summed E-state index contributed by atoms with van der Waals surface area (Å²) in [5, 5.41) is 11.5. The number of aryl methyl sites for hydroxylation is 1. The quantitative estimate of drug-likeness (QED) is 0.543. The minimum Gasteiger partial charge on any atom is -0.345 e. The smallest absolute Gasteiger partial charge is 0.272 e. The molecule has 3 heterocycles. The molecule has 10 heteroatoms. The van der Waals surface area contributed by atoms with E-state index in [-0.39, 0.29) is 28.0 Å². The highest BCUT2D eigenvalue weighted by atomic mass is 32.2. The van der Waals surface area contributed by atoms with Gasteiger partial charge in [-0.05, 0) is 24.5 Å². The number of anilines is 1. The molecule has 8 nitrogen and oxygen atoms in total. The molecule has 2 atom stereocenters. The van der Waals surface area contributed by atoms with Crippen molar-refractivity contribution in [3.8, 4) is 6.07 Å². The molecule has 3 N–H and O–H groups in total. The minimum absolute atomic E-state index is 0.0875. The van der Waals surface area contributed by atoms with Crippen LogP contribution in [0, 0.1) is 22.1 Å². The third kappa shape index (κ3) is 4.05. The summed E-state index contributed by atoms with van der Waals surface area (Å²) in [6, 6.07) is 13.2. The molecule has 0 saturated heterocycles. The van der Waals surface area contributed by atoms with Crippen molar-refractivity contribution in [2.24, 2.45) is 7.05 Å². The summed E-state index contributed by atoms with van der Waals surface area (Å²) in [6.45, 7) is 0. The fourth-order valence-corrected chi connectivity index (χ4v) is 5.42. The summed E-state index contributed by atoms with van der Waals surface area (Å²) in [4.78, 5) is 16.7. The lowest BCUT2D eigenvalue weighted by molar-refractivity contribution is 0.101. The van der Waals surface area contributed by atoms with E-state index in [1.807, 2.05) is 30.3 Å². The van der Waals surface area contributed by atoms with Gasteiger partial charge in [0.25, 0.3) is 5.91 Å². The molecular weight excluding hydrogens is 419 g/mol. The lowest BCUT2D eigenvalue weighted by Crippen LogP contribution is -2.26. The molecule has 2 aromatic heterocycles. The molecule has 1 aromatic carbocycles. The maximum absolute atomic E-state index is 13.6. The Bertz CT molecular complexity index is 1310. The van der Waals surface area contributed by atoms with Crippen LogP contribution in [0.2, 0.25) is 0 Å². The Morgan fingerprint density at radius 1 is 1.39 bits per heavy atom. The molecule has 1 amide bonds. The van der Waals surface area contributed by atoms with Gasteiger partial charge in [0.2, 0.25) is 5.95 Å². The van der Waals surface area contributed by atoms with E-state index in [1.165, 1.54) is 16.8 Å². The molecule has 0 saturated carbocycles. The van der Waals surface area contributed by atoms with E-state index in [1.54, 1.807) is 13.1 Å². The Hall–Kier alpha value is -3.55. The molecule has 1 aliphatic rings. The Balaban J connectivity index is 1.69. The average molecular weight is 438 g/mol. The Labute approximate surface area is 178 Å². The van der Waals surface area contributed by atoms with Crippen molar-refractivity contribution in [1.29, 1.82) is 10.0 Å². The fraction of sp³-hybridized carbons (Fsp3) is 0.190. The van der Waals surface area contributed by atoms with Gasteiger partial charge in [0, 0.05) is 36.6 Å². The molecule has 0 spiro atoms. The SMILES string of the molecule is Cn1cc2c(c1C(=O)Nc1cc(F)nc(C#N)c1)CCC(c1ccccc1)NS2(=N)=O. The Morgan fingerprint density at radius 3 is 2.84 bits per heavy atom. The van der Waals surface area contributed by atoms with Gasteiger partial charge in [-0.1, -0.05) is 30.3 Å². The molecule has 1 aliphatic heterocycles. The van der Waals surface area contributed by atoms with Crippen molar-refractivity contribution < 1.29 is 13.4 Å². The van der Waals surface area contributed by atoms with Crippen molar-refractivity contribution in [3.63, 3.8) is 0 Å². The summed E-state index contributed by atoms with van der Waals surface area (Å²) in [5.41, 5.74) is 1.59. The second kappa shape index (κ2) is 7.94. The van der Waals surface area contributed by atoms with E-state index < -0.39 is 21.8 Å². The maximum Gasteiger partial charge on any atom is 0.272 e. The van der Waals surface area contributed by atoms with Gasteiger partial charge in [-0.25, -0.2) is 18.7 Å². The summed E-state index contributed by atoms with van der Waals surface area (Å²) in [6.07, 6.45) is 2.49. The van der Waals surface area contributed by atoms with Crippen LogP contribution in [0.25, 0.3) is 0 Å². The highest BCUT2D eigenvalue weighted by Crippen LogP contribution is 2.32. The second-order valence-corrected chi connectivity index (χ2v) is 9.03. The molecule has 0 aliphatic carbocycles. The number of aromatic nitrogens is 2. The zero-order chi connectivity index (χ0) is 22.2. The number of hydrogen-bond donors (Lipinski definition) is 3. The van der Waals surface area contributed by atoms with Gasteiger partial charge < -0.3 is 9.88 Å². The van der Waals surface area contributed by atoms with Crippen molar-refractivity contribution >= 4 is 21.5 Å². The van der Waals surface area contributed by atoms with Crippen LogP contribution in [0.15, 0.2) is 53.6 Å². The summed E-state index contributed by atoms with van der Waals surface area (Å²) in [7, 11) is -1.74. The minimum atomic E-state index is -3.37. The monoisotopic (exact) mass is 438 g/mol. The first-order valence-corrected chi connectivity index (χ1v) is 11.0. The van der Waals surface area contributed by atoms with Crippen LogP contribution in [-0.4, -0.2) is 19.7 Å². The highest BCUT2D eigenvalue weighted by Gasteiger charge is 2.31. The number of amides is 1. The van der Waals surface area contributed by atoms with E-state index in [4.69, 9.17) is 10.0 Å². The first-order valence-electron chi connectivity index (χ1n) is 9.47. The Kier molecular flexibility index (Phi) is 5.31. The van der Waals surface area contributed by atoms with E-state index in [9.17, 15) is 13.4 Å². The predicted molar refractivity (Wildman–Crippen MR) is 112 cm³/mol. The third-order valence-electron chi connectivity index (χ3n) is 5.13. The van der Waals surface area contributed by atoms with E-state index >= 15 is 0 Å². The first kappa shape index (κ1) is 20.7. The zero-order valence-electron chi connectivity index (χ0n) is 16.6. The Morgan fingerprint density at radius 2 is 2.13 bits per heavy atom. The standard InChI is InChI=1S/C21H19FN6O2S/c1-28-12-18-16(7-8-17(27-31(18,24)30)13-5-3-2-4-6-13)20(28)21(29)26-14-9-15(11-23)25-19(22)10-14/h2-6,9-10,12,17H,7-8H2,1H3,(H2,24,27,30)(H,25,26,29). The van der Waals surface area contributed by atoms with Crippen LogP contribution in [-0.2, 0) is 23.4 Å². The predicted octanol–water partition coefficient (Wildman–Crippen LogP) is 3.28. The summed E-state index contributed by atoms with van der Waals surface area (Å²) < 4.78 is 39.8. The molecule has 0 bridgehead atoms. The van der Waals surface area contributed by atoms with Gasteiger partial charge in [-0.3, -0.25) is 4.79 Å². The molecule has 31 heavy (non-hydrogen) atoms. The lowest BCUT2D eigenvalue weighted by Gasteiger charge is -2.17. The summed E-state index contributed by atoms with van der Waals surface area (Å²) >= 11 is 0. The van der Waals surface area contributed by atoms with Gasteiger partial charge >= 0.3 is 0 Å². The largest absolute Gasteiger partial charge is 0.345 e. The van der Waals surface area contributed by atoms with Crippen molar-refractivity contribution in [1.82, 2.24) is 14.3 Å². The number of hydrogen-bond acceptors (Lipinski definition) is 5. The van der Waals surface area contributed by atoms with Crippen LogP contribution < -0.4 is 10.0 Å². The number of nitrogens with zero attached hydrogens (tertiary/aromatic N) is 3. The number of pyridine rings is 1. The van der Waals surface area contributed by atoms with Crippen molar-refractivity contribution in [2.75, 3.05) is 5.32 Å². The average Bonchev–Trinajstić information content (AvgIpc) is 3.02. The molecule has 0 fully saturated rings. The van der Waals surface area contributed by atoms with E-state index in [2.05, 4.69) is 15.0 Å². The number of carbonyl (C=O) groups is 1. The normalized spacial score (nSPS) is 20.4. The van der Waals surface area contributed by atoms with E-state index in [0.717, 1.165) is 11.6 Å². The number of rotatable bonds is 3. The van der Waals surface area contributed by atoms with Crippen LogP contribution in [0.1, 0.15) is 39.8 Å². The fourth-order valence-electron chi connectivity index (χ4n) is 3.78. The van der Waals surface area contributed by atoms with Crippen LogP contribution in [0.5, 0.6) is 0 Å². The maximum atomic E-state index is 13.6. The van der Waals surface area contributed by atoms with E-state index in [0.29, 0.717) is 18.4 Å². The van der Waals surface area contributed by atoms with Crippen LogP contribution in [0.4, 0.5) is 10.1 Å². The van der Waals surface area contributed by atoms with Gasteiger partial charge in [-0.2, -0.15) is 9.65 Å². The molecule has 158 valence electrons. The van der Waals surface area contributed by atoms with Gasteiger partial charge in [-0.15, -0.1) is 0 Å². The van der Waals surface area contributed by atoms with Gasteiger partial charge in [0.1, 0.15) is 27.4 Å². The van der Waals surface area contributed by atoms with Crippen molar-refractivity contribution in [2.45, 2.75) is 23.8 Å². The number of benzene rings is 1. The third-order valence-corrected chi connectivity index (χ3v) is 6.72. The number of halogens is 1. The second-order valence-electron chi connectivity index (χ2n) is 7.24. The van der Waals surface area contributed by atoms with Crippen LogP contribution in [0.3, 0.4) is 0 Å². The molecule has 2 unspecified atom stereocenters. The lowest BCUT2D eigenvalue weighted by atomic mass is 9.99. The first-order chi connectivity index (χ1) is 14.8. The molecular formula is C21H19FN6O2S. The number of nitrogens with one attached hydrogen (secondary N) is 3. The highest BCUT2D eigenvalue weighted by molar-refractivity contribution is 7.90. The molecule has 3 aromatic rings. The van der Waals surface area contributed by atoms with Crippen LogP contribution >= 0.6 is 0 Å². The van der Waals surface area contributed by atoms with Gasteiger partial charge in [0.05, 0.1) is 4.90 Å². The van der Waals surface area contributed by atoms with Crippen molar-refractivity contribution in [3.05, 3.63) is 77.1 Å². The number of fused-ring (bicyclic) bond motifs is 1. The summed E-state index contributed by atoms with van der Waals surface area (Å²) in [5.74, 6) is -1.43. The van der Waals surface area contributed by atoms with Gasteiger partial charge in [0.15, 0.2) is 0 Å². The molecule has 4 rings (SSSR count).